The van der Waals surface area contributed by atoms with Gasteiger partial charge < -0.3 is 15.4 Å². The maximum Gasteiger partial charge on any atom is 0.253 e. The van der Waals surface area contributed by atoms with E-state index < -0.39 is 6.04 Å². The lowest BCUT2D eigenvalue weighted by Gasteiger charge is -2.19. The molecule has 0 spiro atoms. The highest BCUT2D eigenvalue weighted by Crippen LogP contribution is 2.20. The zero-order valence-corrected chi connectivity index (χ0v) is 17.1. The SMILES string of the molecule is O=C(CC(NC(=O)c1ccccc1Cl)c1ccccc1)NCCOc1ccccc1. The van der Waals surface area contributed by atoms with Gasteiger partial charge in [0.1, 0.15) is 12.4 Å². The summed E-state index contributed by atoms with van der Waals surface area (Å²) in [6, 6.07) is 25.1. The summed E-state index contributed by atoms with van der Waals surface area (Å²) in [5.41, 5.74) is 1.21. The third kappa shape index (κ3) is 6.36. The van der Waals surface area contributed by atoms with Crippen molar-refractivity contribution in [1.82, 2.24) is 10.6 Å². The highest BCUT2D eigenvalue weighted by molar-refractivity contribution is 6.33. The number of rotatable bonds is 9. The summed E-state index contributed by atoms with van der Waals surface area (Å²) >= 11 is 6.14. The van der Waals surface area contributed by atoms with E-state index in [4.69, 9.17) is 16.3 Å². The lowest BCUT2D eigenvalue weighted by atomic mass is 10.0. The molecule has 154 valence electrons. The van der Waals surface area contributed by atoms with E-state index in [1.807, 2.05) is 60.7 Å². The lowest BCUT2D eigenvalue weighted by Crippen LogP contribution is -2.35. The third-order valence-electron chi connectivity index (χ3n) is 4.45. The minimum absolute atomic E-state index is 0.103. The monoisotopic (exact) mass is 422 g/mol. The number of halogens is 1. The van der Waals surface area contributed by atoms with Crippen LogP contribution in [0.2, 0.25) is 5.02 Å². The second-order valence-corrected chi connectivity index (χ2v) is 7.04. The standard InChI is InChI=1S/C24H23ClN2O3/c25-21-14-8-7-13-20(21)24(29)27-22(18-9-3-1-4-10-18)17-23(28)26-15-16-30-19-11-5-2-6-12-19/h1-14,22H,15-17H2,(H,26,28)(H,27,29). The summed E-state index contributed by atoms with van der Waals surface area (Å²) in [4.78, 5) is 25.2. The first-order valence-electron chi connectivity index (χ1n) is 9.68. The number of carbonyl (C=O) groups excluding carboxylic acids is 2. The van der Waals surface area contributed by atoms with Gasteiger partial charge in [0.05, 0.1) is 29.6 Å². The minimum atomic E-state index is -0.481. The Balaban J connectivity index is 1.58. The molecule has 1 unspecified atom stereocenters. The van der Waals surface area contributed by atoms with Crippen LogP contribution in [0.5, 0.6) is 5.75 Å². The highest BCUT2D eigenvalue weighted by atomic mass is 35.5. The average molecular weight is 423 g/mol. The van der Waals surface area contributed by atoms with Gasteiger partial charge in [-0.25, -0.2) is 0 Å². The predicted molar refractivity (Wildman–Crippen MR) is 118 cm³/mol. The van der Waals surface area contributed by atoms with E-state index in [0.29, 0.717) is 23.7 Å². The van der Waals surface area contributed by atoms with Gasteiger partial charge in [-0.05, 0) is 29.8 Å². The Bertz CT molecular complexity index is 964. The number of hydrogen-bond donors (Lipinski definition) is 2. The van der Waals surface area contributed by atoms with Gasteiger partial charge in [0.15, 0.2) is 0 Å². The Morgan fingerprint density at radius 3 is 2.20 bits per heavy atom. The molecule has 3 aromatic rings. The van der Waals surface area contributed by atoms with Gasteiger partial charge >= 0.3 is 0 Å². The molecule has 0 heterocycles. The summed E-state index contributed by atoms with van der Waals surface area (Å²) in [5, 5.41) is 6.12. The van der Waals surface area contributed by atoms with Gasteiger partial charge in [-0.1, -0.05) is 72.3 Å². The molecular weight excluding hydrogens is 400 g/mol. The maximum absolute atomic E-state index is 12.7. The summed E-state index contributed by atoms with van der Waals surface area (Å²) in [5.74, 6) is 0.246. The number of ether oxygens (including phenoxy) is 1. The summed E-state index contributed by atoms with van der Waals surface area (Å²) in [7, 11) is 0. The van der Waals surface area contributed by atoms with Crippen LogP contribution in [0.25, 0.3) is 0 Å². The van der Waals surface area contributed by atoms with Gasteiger partial charge in [-0.2, -0.15) is 0 Å². The van der Waals surface area contributed by atoms with Crippen molar-refractivity contribution >= 4 is 23.4 Å². The van der Waals surface area contributed by atoms with E-state index in [-0.39, 0.29) is 18.2 Å². The molecule has 2 N–H and O–H groups in total. The van der Waals surface area contributed by atoms with Crippen LogP contribution in [0, 0.1) is 0 Å². The number of amides is 2. The molecule has 2 amide bonds. The van der Waals surface area contributed by atoms with Crippen LogP contribution in [-0.4, -0.2) is 25.0 Å². The van der Waals surface area contributed by atoms with Crippen molar-refractivity contribution < 1.29 is 14.3 Å². The fourth-order valence-electron chi connectivity index (χ4n) is 2.95. The molecule has 5 nitrogen and oxygen atoms in total. The number of benzene rings is 3. The molecule has 6 heteroatoms. The van der Waals surface area contributed by atoms with Gasteiger partial charge in [-0.3, -0.25) is 9.59 Å². The molecule has 0 aromatic heterocycles. The molecular formula is C24H23ClN2O3. The van der Waals surface area contributed by atoms with Gasteiger partial charge in [0.2, 0.25) is 5.91 Å². The second-order valence-electron chi connectivity index (χ2n) is 6.63. The molecule has 0 aliphatic rings. The molecule has 0 aliphatic carbocycles. The Hall–Kier alpha value is -3.31. The van der Waals surface area contributed by atoms with Crippen LogP contribution >= 0.6 is 11.6 Å². The smallest absolute Gasteiger partial charge is 0.253 e. The van der Waals surface area contributed by atoms with E-state index in [9.17, 15) is 9.59 Å². The Morgan fingerprint density at radius 1 is 0.867 bits per heavy atom. The minimum Gasteiger partial charge on any atom is -0.492 e. The Morgan fingerprint density at radius 2 is 1.50 bits per heavy atom. The van der Waals surface area contributed by atoms with E-state index in [0.717, 1.165) is 11.3 Å². The maximum atomic E-state index is 12.7. The third-order valence-corrected chi connectivity index (χ3v) is 4.78. The van der Waals surface area contributed by atoms with Crippen molar-refractivity contribution in [1.29, 1.82) is 0 Å². The van der Waals surface area contributed by atoms with Crippen molar-refractivity contribution in [2.24, 2.45) is 0 Å². The normalized spacial score (nSPS) is 11.4. The molecule has 0 radical (unpaired) electrons. The second kappa shape index (κ2) is 11.0. The number of carbonyl (C=O) groups is 2. The van der Waals surface area contributed by atoms with Crippen molar-refractivity contribution in [2.45, 2.75) is 12.5 Å². The predicted octanol–water partition coefficient (Wildman–Crippen LogP) is 4.40. The molecule has 1 atom stereocenters. The fraction of sp³-hybridized carbons (Fsp3) is 0.167. The zero-order chi connectivity index (χ0) is 21.2. The van der Waals surface area contributed by atoms with E-state index in [2.05, 4.69) is 10.6 Å². The average Bonchev–Trinajstić information content (AvgIpc) is 2.78. The molecule has 0 saturated carbocycles. The molecule has 0 saturated heterocycles. The fourth-order valence-corrected chi connectivity index (χ4v) is 3.17. The van der Waals surface area contributed by atoms with Crippen molar-refractivity contribution in [2.75, 3.05) is 13.2 Å². The molecule has 3 rings (SSSR count). The Kier molecular flexibility index (Phi) is 7.86. The topological polar surface area (TPSA) is 67.4 Å². The van der Waals surface area contributed by atoms with Gasteiger partial charge in [0.25, 0.3) is 5.91 Å². The number of para-hydroxylation sites is 1. The summed E-state index contributed by atoms with van der Waals surface area (Å²) < 4.78 is 5.58. The van der Waals surface area contributed by atoms with Gasteiger partial charge in [-0.15, -0.1) is 0 Å². The molecule has 0 bridgehead atoms. The van der Waals surface area contributed by atoms with E-state index in [1.54, 1.807) is 24.3 Å². The zero-order valence-electron chi connectivity index (χ0n) is 16.4. The highest BCUT2D eigenvalue weighted by Gasteiger charge is 2.20. The van der Waals surface area contributed by atoms with Crippen molar-refractivity contribution in [3.63, 3.8) is 0 Å². The first-order chi connectivity index (χ1) is 14.6. The van der Waals surface area contributed by atoms with Crippen molar-refractivity contribution in [3.05, 3.63) is 101 Å². The van der Waals surface area contributed by atoms with Crippen LogP contribution in [0.15, 0.2) is 84.9 Å². The quantitative estimate of drug-likeness (QED) is 0.502. The summed E-state index contributed by atoms with van der Waals surface area (Å²) in [6.07, 6.45) is 0.103. The van der Waals surface area contributed by atoms with Crippen LogP contribution in [0.1, 0.15) is 28.4 Å². The Labute approximate surface area is 181 Å². The molecule has 30 heavy (non-hydrogen) atoms. The van der Waals surface area contributed by atoms with Gasteiger partial charge in [0, 0.05) is 0 Å². The lowest BCUT2D eigenvalue weighted by molar-refractivity contribution is -0.121. The van der Waals surface area contributed by atoms with Crippen LogP contribution in [0.3, 0.4) is 0 Å². The van der Waals surface area contributed by atoms with Crippen LogP contribution in [-0.2, 0) is 4.79 Å². The largest absolute Gasteiger partial charge is 0.492 e. The first-order valence-corrected chi connectivity index (χ1v) is 10.1. The number of nitrogens with one attached hydrogen (secondary N) is 2. The van der Waals surface area contributed by atoms with E-state index in [1.165, 1.54) is 0 Å². The van der Waals surface area contributed by atoms with Crippen LogP contribution in [0.4, 0.5) is 0 Å². The van der Waals surface area contributed by atoms with Crippen LogP contribution < -0.4 is 15.4 Å². The molecule has 3 aromatic carbocycles. The first kappa shape index (κ1) is 21.4. The summed E-state index contributed by atoms with van der Waals surface area (Å²) in [6.45, 7) is 0.728. The number of hydrogen-bond acceptors (Lipinski definition) is 3. The van der Waals surface area contributed by atoms with Crippen molar-refractivity contribution in [3.8, 4) is 5.75 Å². The molecule has 0 aliphatic heterocycles. The molecule has 0 fully saturated rings. The van der Waals surface area contributed by atoms with E-state index >= 15 is 0 Å².